The second-order valence-corrected chi connectivity index (χ2v) is 3.81. The van der Waals surface area contributed by atoms with E-state index < -0.39 is 0 Å². The van der Waals surface area contributed by atoms with Crippen molar-refractivity contribution in [1.82, 2.24) is 4.90 Å². The third-order valence-electron chi connectivity index (χ3n) is 2.64. The zero-order chi connectivity index (χ0) is 10.2. The number of likely N-dealkylation sites (tertiary alicyclic amines) is 1. The zero-order valence-electron chi connectivity index (χ0n) is 8.67. The van der Waals surface area contributed by atoms with Gasteiger partial charge in [0.1, 0.15) is 0 Å². The first kappa shape index (κ1) is 11.0. The third-order valence-corrected chi connectivity index (χ3v) is 2.64. The maximum Gasteiger partial charge on any atom is 0.222 e. The number of nitriles is 1. The van der Waals surface area contributed by atoms with Gasteiger partial charge in [0, 0.05) is 25.9 Å². The normalized spacial score (nSPS) is 18.5. The predicted octanol–water partition coefficient (Wildman–Crippen LogP) is 2.08. The van der Waals surface area contributed by atoms with Crippen molar-refractivity contribution in [3.63, 3.8) is 0 Å². The number of amides is 1. The van der Waals surface area contributed by atoms with Crippen molar-refractivity contribution in [2.75, 3.05) is 13.1 Å². The van der Waals surface area contributed by atoms with Gasteiger partial charge in [0.15, 0.2) is 0 Å². The number of hydrogen-bond acceptors (Lipinski definition) is 2. The van der Waals surface area contributed by atoms with Gasteiger partial charge in [0.25, 0.3) is 0 Å². The summed E-state index contributed by atoms with van der Waals surface area (Å²) in [6.07, 6.45) is 6.67. The first-order valence-corrected chi connectivity index (χ1v) is 5.49. The summed E-state index contributed by atoms with van der Waals surface area (Å²) in [4.78, 5) is 13.5. The molecule has 1 fully saturated rings. The molecule has 1 rings (SSSR count). The Kier molecular flexibility index (Phi) is 5.06. The van der Waals surface area contributed by atoms with Gasteiger partial charge in [0.05, 0.1) is 6.07 Å². The van der Waals surface area contributed by atoms with Crippen LogP contribution in [0, 0.1) is 11.3 Å². The van der Waals surface area contributed by atoms with Gasteiger partial charge >= 0.3 is 0 Å². The predicted molar refractivity (Wildman–Crippen MR) is 54.5 cm³/mol. The Morgan fingerprint density at radius 3 is 2.86 bits per heavy atom. The van der Waals surface area contributed by atoms with Crippen molar-refractivity contribution < 1.29 is 4.79 Å². The van der Waals surface area contributed by atoms with E-state index in [2.05, 4.69) is 6.07 Å². The maximum atomic E-state index is 11.6. The Bertz CT molecular complexity index is 220. The summed E-state index contributed by atoms with van der Waals surface area (Å²) < 4.78 is 0. The van der Waals surface area contributed by atoms with Crippen LogP contribution in [0.15, 0.2) is 0 Å². The van der Waals surface area contributed by atoms with Crippen LogP contribution in [0.5, 0.6) is 0 Å². The lowest BCUT2D eigenvalue weighted by Crippen LogP contribution is -2.33. The summed E-state index contributed by atoms with van der Waals surface area (Å²) in [5.74, 6) is 0.280. The van der Waals surface area contributed by atoms with Crippen LogP contribution in [0.25, 0.3) is 0 Å². The molecule has 0 atom stereocenters. The minimum atomic E-state index is 0.280. The number of nitrogens with zero attached hydrogens (tertiary/aromatic N) is 2. The number of carbonyl (C=O) groups is 1. The highest BCUT2D eigenvalue weighted by Crippen LogP contribution is 2.12. The van der Waals surface area contributed by atoms with Crippen molar-refractivity contribution in [3.05, 3.63) is 0 Å². The second kappa shape index (κ2) is 6.42. The van der Waals surface area contributed by atoms with Crippen LogP contribution in [0.4, 0.5) is 0 Å². The van der Waals surface area contributed by atoms with E-state index in [0.29, 0.717) is 12.8 Å². The van der Waals surface area contributed by atoms with Crippen LogP contribution < -0.4 is 0 Å². The third kappa shape index (κ3) is 3.78. The number of unbranched alkanes of at least 4 members (excludes halogenated alkanes) is 1. The molecule has 3 nitrogen and oxygen atoms in total. The topological polar surface area (TPSA) is 44.1 Å². The van der Waals surface area contributed by atoms with Crippen LogP contribution >= 0.6 is 0 Å². The Morgan fingerprint density at radius 1 is 1.29 bits per heavy atom. The molecular formula is C11H18N2O. The Balaban J connectivity index is 2.30. The highest BCUT2D eigenvalue weighted by molar-refractivity contribution is 5.76. The van der Waals surface area contributed by atoms with E-state index in [4.69, 9.17) is 5.26 Å². The molecule has 78 valence electrons. The summed E-state index contributed by atoms with van der Waals surface area (Å²) in [7, 11) is 0. The lowest BCUT2D eigenvalue weighted by molar-refractivity contribution is -0.131. The number of rotatable bonds is 3. The fraction of sp³-hybridized carbons (Fsp3) is 0.818. The summed E-state index contributed by atoms with van der Waals surface area (Å²) in [5, 5.41) is 8.41. The zero-order valence-corrected chi connectivity index (χ0v) is 8.67. The van der Waals surface area contributed by atoms with E-state index in [9.17, 15) is 4.79 Å². The van der Waals surface area contributed by atoms with Crippen LogP contribution in [0.1, 0.15) is 44.9 Å². The fourth-order valence-corrected chi connectivity index (χ4v) is 1.80. The van der Waals surface area contributed by atoms with Crippen LogP contribution in [-0.4, -0.2) is 23.9 Å². The molecule has 0 aromatic heterocycles. The quantitative estimate of drug-likeness (QED) is 0.646. The fourth-order valence-electron chi connectivity index (χ4n) is 1.80. The molecule has 0 aliphatic carbocycles. The molecule has 1 saturated heterocycles. The maximum absolute atomic E-state index is 11.6. The molecule has 0 radical (unpaired) electrons. The molecule has 0 unspecified atom stereocenters. The number of carbonyl (C=O) groups excluding carboxylic acids is 1. The van der Waals surface area contributed by atoms with Gasteiger partial charge in [-0.15, -0.1) is 0 Å². The van der Waals surface area contributed by atoms with Crippen molar-refractivity contribution >= 4 is 5.91 Å². The van der Waals surface area contributed by atoms with Crippen molar-refractivity contribution in [1.29, 1.82) is 5.26 Å². The van der Waals surface area contributed by atoms with Crippen LogP contribution in [0.2, 0.25) is 0 Å². The van der Waals surface area contributed by atoms with E-state index >= 15 is 0 Å². The molecule has 0 aromatic rings. The van der Waals surface area contributed by atoms with Crippen LogP contribution in [0.3, 0.4) is 0 Å². The Labute approximate surface area is 85.7 Å². The lowest BCUT2D eigenvalue weighted by atomic mass is 10.1. The van der Waals surface area contributed by atoms with E-state index in [0.717, 1.165) is 32.4 Å². The van der Waals surface area contributed by atoms with Gasteiger partial charge in [-0.25, -0.2) is 0 Å². The SMILES string of the molecule is N#CCCCN1CCCCCCC1=O. The molecule has 1 heterocycles. The molecule has 1 amide bonds. The molecule has 1 aliphatic rings. The average Bonchev–Trinajstić information content (AvgIpc) is 2.17. The molecule has 0 spiro atoms. The molecule has 1 aliphatic heterocycles. The van der Waals surface area contributed by atoms with Crippen molar-refractivity contribution in [3.8, 4) is 6.07 Å². The number of hydrogen-bond donors (Lipinski definition) is 0. The summed E-state index contributed by atoms with van der Waals surface area (Å²) >= 11 is 0. The van der Waals surface area contributed by atoms with Gasteiger partial charge in [-0.1, -0.05) is 12.8 Å². The molecule has 0 aromatic carbocycles. The van der Waals surface area contributed by atoms with Crippen LogP contribution in [-0.2, 0) is 4.79 Å². The monoisotopic (exact) mass is 194 g/mol. The minimum absolute atomic E-state index is 0.280. The Morgan fingerprint density at radius 2 is 2.07 bits per heavy atom. The molecule has 14 heavy (non-hydrogen) atoms. The lowest BCUT2D eigenvalue weighted by Gasteiger charge is -2.24. The van der Waals surface area contributed by atoms with Gasteiger partial charge in [-0.05, 0) is 19.3 Å². The first-order valence-electron chi connectivity index (χ1n) is 5.49. The summed E-state index contributed by atoms with van der Waals surface area (Å²) in [6, 6.07) is 2.11. The first-order chi connectivity index (χ1) is 6.84. The Hall–Kier alpha value is -1.04. The molecule has 0 N–H and O–H groups in total. The summed E-state index contributed by atoms with van der Waals surface area (Å²) in [5.41, 5.74) is 0. The van der Waals surface area contributed by atoms with Crippen molar-refractivity contribution in [2.24, 2.45) is 0 Å². The van der Waals surface area contributed by atoms with Gasteiger partial charge in [0.2, 0.25) is 5.91 Å². The van der Waals surface area contributed by atoms with Crippen molar-refractivity contribution in [2.45, 2.75) is 44.9 Å². The smallest absolute Gasteiger partial charge is 0.222 e. The van der Waals surface area contributed by atoms with E-state index in [1.807, 2.05) is 4.90 Å². The highest BCUT2D eigenvalue weighted by atomic mass is 16.2. The van der Waals surface area contributed by atoms with Gasteiger partial charge in [-0.3, -0.25) is 4.79 Å². The molecule has 3 heteroatoms. The second-order valence-electron chi connectivity index (χ2n) is 3.81. The molecule has 0 saturated carbocycles. The molecule has 0 bridgehead atoms. The largest absolute Gasteiger partial charge is 0.343 e. The standard InChI is InChI=1S/C11H18N2O/c12-8-4-6-10-13-9-5-2-1-3-7-11(13)14/h1-7,9-10H2. The van der Waals surface area contributed by atoms with E-state index in [-0.39, 0.29) is 5.91 Å². The average molecular weight is 194 g/mol. The van der Waals surface area contributed by atoms with E-state index in [1.165, 1.54) is 12.8 Å². The van der Waals surface area contributed by atoms with Gasteiger partial charge in [-0.2, -0.15) is 5.26 Å². The highest BCUT2D eigenvalue weighted by Gasteiger charge is 2.14. The minimum Gasteiger partial charge on any atom is -0.343 e. The van der Waals surface area contributed by atoms with Gasteiger partial charge < -0.3 is 4.90 Å². The molecular weight excluding hydrogens is 176 g/mol. The van der Waals surface area contributed by atoms with E-state index in [1.54, 1.807) is 0 Å². The summed E-state index contributed by atoms with van der Waals surface area (Å²) in [6.45, 7) is 1.66.